The zero-order valence-corrected chi connectivity index (χ0v) is 17.4. The maximum absolute atomic E-state index is 11.7. The molecule has 0 amide bonds. The summed E-state index contributed by atoms with van der Waals surface area (Å²) in [5.74, 6) is 1.67. The van der Waals surface area contributed by atoms with Gasteiger partial charge >= 0.3 is 0 Å². The van der Waals surface area contributed by atoms with Gasteiger partial charge in [-0.25, -0.2) is 8.42 Å². The molecule has 26 heavy (non-hydrogen) atoms. The molecule has 3 aliphatic rings. The Balaban J connectivity index is 1.61. The highest BCUT2D eigenvalue weighted by molar-refractivity contribution is 7.91. The summed E-state index contributed by atoms with van der Waals surface area (Å²) < 4.78 is 23.4. The Bertz CT molecular complexity index is 593. The molecule has 0 saturated carbocycles. The summed E-state index contributed by atoms with van der Waals surface area (Å²) in [5.41, 5.74) is 0. The number of rotatable bonds is 5. The lowest BCUT2D eigenvalue weighted by atomic mass is 9.82. The second-order valence-electron chi connectivity index (χ2n) is 8.63. The van der Waals surface area contributed by atoms with Crippen molar-refractivity contribution in [2.75, 3.05) is 25.1 Å². The van der Waals surface area contributed by atoms with Crippen LogP contribution in [0.1, 0.15) is 58.8 Å². The summed E-state index contributed by atoms with van der Waals surface area (Å²) in [7, 11) is -0.555. The Hall–Kier alpha value is -0.820. The molecule has 0 aliphatic carbocycles. The first-order valence-electron chi connectivity index (χ1n) is 10.4. The van der Waals surface area contributed by atoms with Crippen LogP contribution in [0.5, 0.6) is 0 Å². The van der Waals surface area contributed by atoms with Crippen LogP contribution in [-0.2, 0) is 9.84 Å². The van der Waals surface area contributed by atoms with Crippen LogP contribution in [-0.4, -0.2) is 68.5 Å². The predicted octanol–water partition coefficient (Wildman–Crippen LogP) is 1.77. The van der Waals surface area contributed by atoms with Crippen molar-refractivity contribution in [1.29, 1.82) is 0 Å². The lowest BCUT2D eigenvalue weighted by Gasteiger charge is -2.47. The SMILES string of the molecule is CCC(C)NC(=NCC1CCS(=O)(=O)C1)NC1CC2CCCC(C1)N2C. The molecule has 6 nitrogen and oxygen atoms in total. The first-order chi connectivity index (χ1) is 12.4. The molecule has 3 fully saturated rings. The number of nitrogens with one attached hydrogen (secondary N) is 2. The molecular formula is C19H36N4O2S. The standard InChI is InChI=1S/C19H36N4O2S/c1-4-14(2)21-19(20-12-15-8-9-26(24,25)13-15)22-16-10-17-6-5-7-18(11-16)23(17)3/h14-18H,4-13H2,1-3H3,(H2,20,21,22). The van der Waals surface area contributed by atoms with E-state index in [1.807, 2.05) is 0 Å². The maximum atomic E-state index is 11.7. The highest BCUT2D eigenvalue weighted by atomic mass is 32.2. The van der Waals surface area contributed by atoms with Crippen LogP contribution in [0.2, 0.25) is 0 Å². The Morgan fingerprint density at radius 1 is 1.23 bits per heavy atom. The minimum absolute atomic E-state index is 0.174. The molecule has 7 heteroatoms. The van der Waals surface area contributed by atoms with E-state index in [0.29, 0.717) is 42.2 Å². The van der Waals surface area contributed by atoms with Gasteiger partial charge in [-0.1, -0.05) is 13.3 Å². The number of sulfone groups is 1. The number of piperidine rings is 2. The molecular weight excluding hydrogens is 348 g/mol. The van der Waals surface area contributed by atoms with E-state index in [9.17, 15) is 8.42 Å². The predicted molar refractivity (Wildman–Crippen MR) is 107 cm³/mol. The van der Waals surface area contributed by atoms with E-state index in [2.05, 4.69) is 36.4 Å². The van der Waals surface area contributed by atoms with Crippen LogP contribution < -0.4 is 10.6 Å². The number of guanidine groups is 1. The smallest absolute Gasteiger partial charge is 0.191 e. The molecule has 2 N–H and O–H groups in total. The summed E-state index contributed by atoms with van der Waals surface area (Å²) in [5, 5.41) is 7.19. The summed E-state index contributed by atoms with van der Waals surface area (Å²) in [6.07, 6.45) is 8.09. The van der Waals surface area contributed by atoms with Crippen LogP contribution in [0, 0.1) is 5.92 Å². The first-order valence-corrected chi connectivity index (χ1v) is 12.2. The van der Waals surface area contributed by atoms with Crippen molar-refractivity contribution in [3.05, 3.63) is 0 Å². The maximum Gasteiger partial charge on any atom is 0.191 e. The van der Waals surface area contributed by atoms with Crippen LogP contribution in [0.4, 0.5) is 0 Å². The quantitative estimate of drug-likeness (QED) is 0.558. The highest BCUT2D eigenvalue weighted by Crippen LogP contribution is 2.32. The van der Waals surface area contributed by atoms with Crippen LogP contribution in [0.3, 0.4) is 0 Å². The number of fused-ring (bicyclic) bond motifs is 2. The van der Waals surface area contributed by atoms with Crippen LogP contribution in [0.25, 0.3) is 0 Å². The van der Waals surface area contributed by atoms with Crippen LogP contribution in [0.15, 0.2) is 4.99 Å². The molecule has 0 radical (unpaired) electrons. The fourth-order valence-electron chi connectivity index (χ4n) is 4.63. The summed E-state index contributed by atoms with van der Waals surface area (Å²) in [6.45, 7) is 4.93. The lowest BCUT2D eigenvalue weighted by molar-refractivity contribution is 0.0526. The van der Waals surface area contributed by atoms with E-state index in [0.717, 1.165) is 18.8 Å². The second-order valence-corrected chi connectivity index (χ2v) is 10.9. The van der Waals surface area contributed by atoms with Crippen molar-refractivity contribution in [2.24, 2.45) is 10.9 Å². The number of nitrogens with zero attached hydrogens (tertiary/aromatic N) is 2. The van der Waals surface area contributed by atoms with E-state index in [1.54, 1.807) is 0 Å². The third kappa shape index (κ3) is 5.12. The van der Waals surface area contributed by atoms with Gasteiger partial charge in [0.1, 0.15) is 0 Å². The third-order valence-corrected chi connectivity index (χ3v) is 8.35. The molecule has 3 rings (SSSR count). The van der Waals surface area contributed by atoms with E-state index in [4.69, 9.17) is 4.99 Å². The van der Waals surface area contributed by atoms with Gasteiger partial charge in [0.15, 0.2) is 15.8 Å². The van der Waals surface area contributed by atoms with E-state index in [1.165, 1.54) is 32.1 Å². The molecule has 2 bridgehead atoms. The van der Waals surface area contributed by atoms with Crippen molar-refractivity contribution < 1.29 is 8.42 Å². The van der Waals surface area contributed by atoms with Crippen molar-refractivity contribution in [1.82, 2.24) is 15.5 Å². The number of hydrogen-bond donors (Lipinski definition) is 2. The van der Waals surface area contributed by atoms with Crippen molar-refractivity contribution in [3.8, 4) is 0 Å². The summed E-state index contributed by atoms with van der Waals surface area (Å²) in [4.78, 5) is 7.36. The van der Waals surface area contributed by atoms with Crippen LogP contribution >= 0.6 is 0 Å². The lowest BCUT2D eigenvalue weighted by Crippen LogP contribution is -2.57. The molecule has 3 heterocycles. The van der Waals surface area contributed by atoms with Crippen molar-refractivity contribution >= 4 is 15.8 Å². The Labute approximate surface area is 159 Å². The van der Waals surface area contributed by atoms with Gasteiger partial charge in [-0.2, -0.15) is 0 Å². The molecule has 0 aromatic heterocycles. The molecule has 3 aliphatic heterocycles. The van der Waals surface area contributed by atoms with Gasteiger partial charge in [0.25, 0.3) is 0 Å². The zero-order chi connectivity index (χ0) is 18.7. The second kappa shape index (κ2) is 8.46. The van der Waals surface area contributed by atoms with E-state index >= 15 is 0 Å². The molecule has 0 spiro atoms. The zero-order valence-electron chi connectivity index (χ0n) is 16.6. The minimum Gasteiger partial charge on any atom is -0.354 e. The van der Waals surface area contributed by atoms with Gasteiger partial charge in [-0.05, 0) is 58.4 Å². The van der Waals surface area contributed by atoms with Gasteiger partial charge in [0.05, 0.1) is 11.5 Å². The normalized spacial score (nSPS) is 35.9. The van der Waals surface area contributed by atoms with Crippen molar-refractivity contribution in [3.63, 3.8) is 0 Å². The molecule has 0 aromatic rings. The molecule has 4 atom stereocenters. The Kier molecular flexibility index (Phi) is 6.49. The first kappa shape index (κ1) is 19.9. The van der Waals surface area contributed by atoms with Gasteiger partial charge in [0.2, 0.25) is 0 Å². The number of aliphatic imine (C=N–C) groups is 1. The fraction of sp³-hybridized carbons (Fsp3) is 0.947. The summed E-state index contributed by atoms with van der Waals surface area (Å²) >= 11 is 0. The van der Waals surface area contributed by atoms with Gasteiger partial charge < -0.3 is 15.5 Å². The van der Waals surface area contributed by atoms with Gasteiger partial charge in [-0.3, -0.25) is 4.99 Å². The van der Waals surface area contributed by atoms with E-state index < -0.39 is 9.84 Å². The minimum atomic E-state index is -2.83. The monoisotopic (exact) mass is 384 g/mol. The third-order valence-electron chi connectivity index (χ3n) is 6.51. The molecule has 4 unspecified atom stereocenters. The molecule has 0 aromatic carbocycles. The van der Waals surface area contributed by atoms with Crippen molar-refractivity contribution in [2.45, 2.75) is 83.0 Å². The average Bonchev–Trinajstić information content (AvgIpc) is 2.92. The van der Waals surface area contributed by atoms with Gasteiger partial charge in [0, 0.05) is 30.7 Å². The fourth-order valence-corrected chi connectivity index (χ4v) is 6.48. The largest absolute Gasteiger partial charge is 0.354 e. The average molecular weight is 385 g/mol. The molecule has 150 valence electrons. The topological polar surface area (TPSA) is 73.8 Å². The molecule has 3 saturated heterocycles. The Morgan fingerprint density at radius 2 is 1.92 bits per heavy atom. The Morgan fingerprint density at radius 3 is 2.50 bits per heavy atom. The highest BCUT2D eigenvalue weighted by Gasteiger charge is 2.36. The number of hydrogen-bond acceptors (Lipinski definition) is 4. The van der Waals surface area contributed by atoms with E-state index in [-0.39, 0.29) is 5.92 Å². The summed E-state index contributed by atoms with van der Waals surface area (Å²) in [6, 6.07) is 2.19. The van der Waals surface area contributed by atoms with Gasteiger partial charge in [-0.15, -0.1) is 0 Å².